The van der Waals surface area contributed by atoms with Gasteiger partial charge in [0.05, 0.1) is 18.8 Å². The van der Waals surface area contributed by atoms with E-state index in [0.717, 1.165) is 76.3 Å². The van der Waals surface area contributed by atoms with Crippen molar-refractivity contribution in [1.29, 1.82) is 0 Å². The number of fused-ring (bicyclic) bond motifs is 2. The summed E-state index contributed by atoms with van der Waals surface area (Å²) in [6, 6.07) is 21.0. The van der Waals surface area contributed by atoms with Crippen LogP contribution in [0.4, 0.5) is 5.69 Å². The number of benzene rings is 3. The number of likely N-dealkylation sites (N-methyl/N-ethyl adjacent to an activating group) is 1. The summed E-state index contributed by atoms with van der Waals surface area (Å²) >= 11 is 6.33. The van der Waals surface area contributed by atoms with Gasteiger partial charge in [0.15, 0.2) is 17.2 Å². The van der Waals surface area contributed by atoms with E-state index in [1.807, 2.05) is 42.5 Å². The maximum atomic E-state index is 13.4. The Labute approximate surface area is 260 Å². The zero-order valence-corrected chi connectivity index (χ0v) is 25.9. The molecule has 2 aliphatic rings. The Hall–Kier alpha value is -3.30. The standard InChI is InChI=1S/C34H43ClN4O4/c1-37-17-19-38(20-18-37)21-23-42-30-11-5-4-10-27(30)25-39-16-8-2-3-9-22-41-32-12-6-7-13-33(32)43-31-15-14-28(35)24-29(31)36-34(40)26-39/h4-7,10-15,24H,2-3,8-9,16-23,25-26H2,1H3,(H,36,40). The predicted octanol–water partition coefficient (Wildman–Crippen LogP) is 6.15. The molecule has 0 saturated carbocycles. The normalized spacial score (nSPS) is 18.0. The van der Waals surface area contributed by atoms with E-state index < -0.39 is 0 Å². The monoisotopic (exact) mass is 606 g/mol. The summed E-state index contributed by atoms with van der Waals surface area (Å²) in [4.78, 5) is 20.4. The van der Waals surface area contributed by atoms with Crippen molar-refractivity contribution in [1.82, 2.24) is 14.7 Å². The van der Waals surface area contributed by atoms with Crippen molar-refractivity contribution in [2.45, 2.75) is 32.2 Å². The van der Waals surface area contributed by atoms with Crippen molar-refractivity contribution in [3.63, 3.8) is 0 Å². The van der Waals surface area contributed by atoms with Crippen LogP contribution in [-0.4, -0.2) is 86.7 Å². The van der Waals surface area contributed by atoms with Gasteiger partial charge in [0.2, 0.25) is 5.91 Å². The van der Waals surface area contributed by atoms with Gasteiger partial charge in [-0.25, -0.2) is 0 Å². The second-order valence-electron chi connectivity index (χ2n) is 11.3. The summed E-state index contributed by atoms with van der Waals surface area (Å²) in [6.07, 6.45) is 4.05. The van der Waals surface area contributed by atoms with E-state index in [0.29, 0.717) is 47.7 Å². The minimum atomic E-state index is -0.128. The van der Waals surface area contributed by atoms with Crippen LogP contribution in [0.15, 0.2) is 66.7 Å². The molecule has 0 aliphatic carbocycles. The van der Waals surface area contributed by atoms with Crippen LogP contribution in [-0.2, 0) is 11.3 Å². The third-order valence-electron chi connectivity index (χ3n) is 7.91. The third kappa shape index (κ3) is 9.60. The second-order valence-corrected chi connectivity index (χ2v) is 11.7. The van der Waals surface area contributed by atoms with Crippen LogP contribution >= 0.6 is 11.6 Å². The maximum absolute atomic E-state index is 13.4. The first kappa shape index (κ1) is 31.1. The van der Waals surface area contributed by atoms with Crippen LogP contribution in [0, 0.1) is 0 Å². The van der Waals surface area contributed by atoms with E-state index in [4.69, 9.17) is 25.8 Å². The molecule has 230 valence electrons. The Morgan fingerprint density at radius 1 is 0.837 bits per heavy atom. The summed E-state index contributed by atoms with van der Waals surface area (Å²) in [5, 5.41) is 3.56. The van der Waals surface area contributed by atoms with E-state index in [1.165, 1.54) is 0 Å². The van der Waals surface area contributed by atoms with Gasteiger partial charge >= 0.3 is 0 Å². The number of anilines is 1. The molecule has 8 nitrogen and oxygen atoms in total. The van der Waals surface area contributed by atoms with Crippen LogP contribution in [0.2, 0.25) is 5.02 Å². The highest BCUT2D eigenvalue weighted by Gasteiger charge is 2.18. The summed E-state index contributed by atoms with van der Waals surface area (Å²) in [6.45, 7) is 8.16. The lowest BCUT2D eigenvalue weighted by molar-refractivity contribution is -0.117. The average Bonchev–Trinajstić information content (AvgIpc) is 3.00. The Bertz CT molecular complexity index is 1330. The molecule has 0 bridgehead atoms. The summed E-state index contributed by atoms with van der Waals surface area (Å²) in [5.41, 5.74) is 1.60. The fourth-order valence-corrected chi connectivity index (χ4v) is 5.59. The number of halogens is 1. The molecule has 9 heteroatoms. The lowest BCUT2D eigenvalue weighted by Gasteiger charge is -2.32. The molecule has 5 rings (SSSR count). The molecule has 1 N–H and O–H groups in total. The summed E-state index contributed by atoms with van der Waals surface area (Å²) in [7, 11) is 2.17. The van der Waals surface area contributed by atoms with Gasteiger partial charge in [-0.15, -0.1) is 0 Å². The van der Waals surface area contributed by atoms with Gasteiger partial charge in [-0.1, -0.05) is 54.8 Å². The van der Waals surface area contributed by atoms with E-state index in [2.05, 4.69) is 33.1 Å². The summed E-state index contributed by atoms with van der Waals surface area (Å²) in [5.74, 6) is 2.53. The molecular weight excluding hydrogens is 564 g/mol. The van der Waals surface area contributed by atoms with Gasteiger partial charge in [0.25, 0.3) is 0 Å². The minimum Gasteiger partial charge on any atom is -0.492 e. The highest BCUT2D eigenvalue weighted by Crippen LogP contribution is 2.36. The first-order valence-electron chi connectivity index (χ1n) is 15.4. The van der Waals surface area contributed by atoms with Crippen molar-refractivity contribution < 1.29 is 19.0 Å². The molecular formula is C34H43ClN4O4. The predicted molar refractivity (Wildman–Crippen MR) is 172 cm³/mol. The number of carbonyl (C=O) groups is 1. The summed E-state index contributed by atoms with van der Waals surface area (Å²) < 4.78 is 18.6. The van der Waals surface area contributed by atoms with Crippen LogP contribution in [0.5, 0.6) is 23.0 Å². The van der Waals surface area contributed by atoms with Gasteiger partial charge in [-0.05, 0) is 62.8 Å². The third-order valence-corrected chi connectivity index (χ3v) is 8.14. The largest absolute Gasteiger partial charge is 0.492 e. The van der Waals surface area contributed by atoms with Crippen molar-refractivity contribution in [3.8, 4) is 23.0 Å². The molecule has 3 aromatic rings. The van der Waals surface area contributed by atoms with E-state index in [-0.39, 0.29) is 12.5 Å². The number of nitrogens with one attached hydrogen (secondary N) is 1. The fourth-order valence-electron chi connectivity index (χ4n) is 5.41. The first-order valence-corrected chi connectivity index (χ1v) is 15.7. The van der Waals surface area contributed by atoms with Crippen molar-refractivity contribution in [3.05, 3.63) is 77.3 Å². The molecule has 2 heterocycles. The Morgan fingerprint density at radius 2 is 1.60 bits per heavy atom. The van der Waals surface area contributed by atoms with Crippen molar-refractivity contribution in [2.24, 2.45) is 0 Å². The topological polar surface area (TPSA) is 66.5 Å². The van der Waals surface area contributed by atoms with Crippen LogP contribution in [0.3, 0.4) is 0 Å². The quantitative estimate of drug-likeness (QED) is 0.361. The zero-order valence-electron chi connectivity index (χ0n) is 25.1. The van der Waals surface area contributed by atoms with Crippen LogP contribution in [0.25, 0.3) is 0 Å². The Kier molecular flexibility index (Phi) is 11.6. The second kappa shape index (κ2) is 16.0. The van der Waals surface area contributed by atoms with Gasteiger partial charge in [-0.3, -0.25) is 14.6 Å². The molecule has 1 amide bonds. The number of hydrogen-bond acceptors (Lipinski definition) is 7. The number of ether oxygens (including phenoxy) is 3. The maximum Gasteiger partial charge on any atom is 0.238 e. The van der Waals surface area contributed by atoms with E-state index in [1.54, 1.807) is 18.2 Å². The highest BCUT2D eigenvalue weighted by molar-refractivity contribution is 6.31. The number of piperazine rings is 1. The molecule has 1 saturated heterocycles. The number of nitrogens with zero attached hydrogens (tertiary/aromatic N) is 3. The molecule has 2 aliphatic heterocycles. The van der Waals surface area contributed by atoms with Crippen LogP contribution in [0.1, 0.15) is 31.2 Å². The number of amides is 1. The number of para-hydroxylation sites is 3. The number of hydrogen-bond donors (Lipinski definition) is 1. The average molecular weight is 607 g/mol. The van der Waals surface area contributed by atoms with Gasteiger partial charge < -0.3 is 24.4 Å². The zero-order chi connectivity index (χ0) is 29.9. The Morgan fingerprint density at radius 3 is 2.47 bits per heavy atom. The molecule has 0 aromatic heterocycles. The molecule has 43 heavy (non-hydrogen) atoms. The molecule has 0 radical (unpaired) electrons. The fraction of sp³-hybridized carbons (Fsp3) is 0.441. The van der Waals surface area contributed by atoms with Gasteiger partial charge in [0, 0.05) is 49.9 Å². The van der Waals surface area contributed by atoms with Crippen molar-refractivity contribution >= 4 is 23.2 Å². The lowest BCUT2D eigenvalue weighted by Crippen LogP contribution is -2.45. The smallest absolute Gasteiger partial charge is 0.238 e. The van der Waals surface area contributed by atoms with Crippen molar-refractivity contribution in [2.75, 3.05) is 71.4 Å². The van der Waals surface area contributed by atoms with Gasteiger partial charge in [0.1, 0.15) is 12.4 Å². The number of carbonyl (C=O) groups excluding carboxylic acids is 1. The molecule has 0 spiro atoms. The minimum absolute atomic E-state index is 0.128. The molecule has 0 unspecified atom stereocenters. The van der Waals surface area contributed by atoms with Gasteiger partial charge in [-0.2, -0.15) is 0 Å². The highest BCUT2D eigenvalue weighted by atomic mass is 35.5. The van der Waals surface area contributed by atoms with E-state index >= 15 is 0 Å². The molecule has 0 atom stereocenters. The van der Waals surface area contributed by atoms with Crippen LogP contribution < -0.4 is 19.5 Å². The first-order chi connectivity index (χ1) is 21.0. The van der Waals surface area contributed by atoms with E-state index in [9.17, 15) is 4.79 Å². The SMILES string of the molecule is CN1CCN(CCOc2ccccc2CN2CCCCCCOc3ccccc3Oc3ccc(Cl)cc3NC(=O)C2)CC1. The molecule has 1 fully saturated rings. The molecule has 3 aromatic carbocycles. The lowest BCUT2D eigenvalue weighted by atomic mass is 10.1. The number of rotatable bonds is 6. The Balaban J connectivity index is 1.28.